The Morgan fingerprint density at radius 1 is 1.06 bits per heavy atom. The summed E-state index contributed by atoms with van der Waals surface area (Å²) in [6, 6.07) is 12.2. The van der Waals surface area contributed by atoms with Crippen LogP contribution in [0.25, 0.3) is 0 Å². The van der Waals surface area contributed by atoms with E-state index in [1.807, 2.05) is 32.2 Å². The van der Waals surface area contributed by atoms with Gasteiger partial charge in [0.1, 0.15) is 11.4 Å². The first kappa shape index (κ1) is 37.3. The molecule has 53 heavy (non-hydrogen) atoms. The van der Waals surface area contributed by atoms with Crippen LogP contribution in [0.2, 0.25) is 5.02 Å². The van der Waals surface area contributed by atoms with Gasteiger partial charge in [0.2, 0.25) is 10.0 Å². The number of ether oxygens (including phenoxy) is 3. The Hall–Kier alpha value is -2.67. The highest BCUT2D eigenvalue weighted by molar-refractivity contribution is 7.90. The van der Waals surface area contributed by atoms with E-state index in [9.17, 15) is 13.2 Å². The van der Waals surface area contributed by atoms with Crippen molar-refractivity contribution in [1.82, 2.24) is 14.5 Å². The Kier molecular flexibility index (Phi) is 10.4. The van der Waals surface area contributed by atoms with Gasteiger partial charge in [-0.2, -0.15) is 0 Å². The Labute approximate surface area is 320 Å². The predicted octanol–water partition coefficient (Wildman–Crippen LogP) is 5.14. The van der Waals surface area contributed by atoms with Gasteiger partial charge in [0.15, 0.2) is 0 Å². The fourth-order valence-electron chi connectivity index (χ4n) is 9.86. The number of amides is 1. The zero-order valence-corrected chi connectivity index (χ0v) is 33.0. The molecule has 2 aliphatic carbocycles. The molecule has 2 saturated heterocycles. The van der Waals surface area contributed by atoms with Crippen LogP contribution in [0.3, 0.4) is 0 Å². The van der Waals surface area contributed by atoms with Gasteiger partial charge in [-0.05, 0) is 97.2 Å². The second-order valence-electron chi connectivity index (χ2n) is 16.8. The molecule has 0 aromatic heterocycles. The number of rotatable bonds is 4. The number of anilines is 1. The van der Waals surface area contributed by atoms with Gasteiger partial charge in [0, 0.05) is 68.9 Å². The molecule has 8 rings (SSSR count). The second-order valence-corrected chi connectivity index (χ2v) is 19.0. The number of allylic oxidation sites excluding steroid dienone is 1. The van der Waals surface area contributed by atoms with Gasteiger partial charge in [0.25, 0.3) is 5.91 Å². The fraction of sp³-hybridized carbons (Fsp3) is 0.634. The van der Waals surface area contributed by atoms with Crippen LogP contribution < -0.4 is 14.4 Å². The van der Waals surface area contributed by atoms with Crippen molar-refractivity contribution in [3.63, 3.8) is 0 Å². The number of piperazine rings is 1. The van der Waals surface area contributed by atoms with Crippen molar-refractivity contribution >= 4 is 33.2 Å². The summed E-state index contributed by atoms with van der Waals surface area (Å²) in [5, 5.41) is 0.748. The molecule has 10 nitrogen and oxygen atoms in total. The lowest BCUT2D eigenvalue weighted by atomic mass is 9.63. The molecule has 2 bridgehead atoms. The van der Waals surface area contributed by atoms with Gasteiger partial charge in [-0.15, -0.1) is 0 Å². The number of carbonyl (C=O) groups is 1. The number of carbonyl (C=O) groups excluding carboxylic acids is 1. The number of aryl methyl sites for hydroxylation is 1. The zero-order chi connectivity index (χ0) is 37.0. The van der Waals surface area contributed by atoms with E-state index >= 15 is 0 Å². The maximum atomic E-state index is 13.6. The molecule has 1 N–H and O–H groups in total. The van der Waals surface area contributed by atoms with Crippen LogP contribution >= 0.6 is 11.6 Å². The van der Waals surface area contributed by atoms with Gasteiger partial charge in [-0.25, -0.2) is 13.1 Å². The molecule has 0 unspecified atom stereocenters. The second kappa shape index (κ2) is 14.8. The Bertz CT molecular complexity index is 1830. The van der Waals surface area contributed by atoms with Crippen LogP contribution in [0, 0.1) is 23.7 Å². The minimum Gasteiger partial charge on any atom is -0.490 e. The molecule has 2 aromatic carbocycles. The molecule has 4 heterocycles. The highest BCUT2D eigenvalue weighted by Crippen LogP contribution is 2.49. The van der Waals surface area contributed by atoms with Crippen LogP contribution in [0.1, 0.15) is 61.0 Å². The highest BCUT2D eigenvalue weighted by atomic mass is 35.5. The number of nitrogens with one attached hydrogen (secondary N) is 1. The van der Waals surface area contributed by atoms with Crippen LogP contribution in [-0.4, -0.2) is 114 Å². The number of hydrogen-bond donors (Lipinski definition) is 1. The zero-order valence-electron chi connectivity index (χ0n) is 31.4. The molecular formula is C41H55ClN4O6S. The van der Waals surface area contributed by atoms with Gasteiger partial charge < -0.3 is 19.1 Å². The first-order valence-corrected chi connectivity index (χ1v) is 21.6. The third-order valence-corrected chi connectivity index (χ3v) is 15.2. The third kappa shape index (κ3) is 7.38. The number of nitrogens with zero attached hydrogens (tertiary/aromatic N) is 3. The van der Waals surface area contributed by atoms with Crippen molar-refractivity contribution in [3.05, 3.63) is 70.3 Å². The molecule has 0 radical (unpaired) electrons. The highest BCUT2D eigenvalue weighted by Gasteiger charge is 2.50. The van der Waals surface area contributed by atoms with Crippen molar-refractivity contribution in [1.29, 1.82) is 0 Å². The van der Waals surface area contributed by atoms with Crippen LogP contribution in [-0.2, 0) is 31.3 Å². The summed E-state index contributed by atoms with van der Waals surface area (Å²) in [5.74, 6) is 0.272. The van der Waals surface area contributed by atoms with Gasteiger partial charge in [0.05, 0.1) is 37.3 Å². The van der Waals surface area contributed by atoms with E-state index in [0.717, 1.165) is 108 Å². The average Bonchev–Trinajstić information content (AvgIpc) is 3.24. The van der Waals surface area contributed by atoms with Crippen LogP contribution in [0.15, 0.2) is 48.6 Å². The SMILES string of the molecule is CO[C@]1(CN2CCN(C3COC3)CC2)/C=C\[C@H](C)[C@H](C)CS(=O)(=O)NC(=O)c2ccc3c(c2)N(C[C@@H]2CC[C@H]21)C[C@@]1(CCCc2cc(Cl)ccc21)CO3. The average molecular weight is 767 g/mol. The van der Waals surface area contributed by atoms with E-state index in [1.54, 1.807) is 6.07 Å². The molecule has 1 spiro atoms. The largest absolute Gasteiger partial charge is 0.490 e. The number of hydrogen-bond acceptors (Lipinski definition) is 9. The monoisotopic (exact) mass is 766 g/mol. The Balaban J connectivity index is 1.17. The summed E-state index contributed by atoms with van der Waals surface area (Å²) in [6.45, 7) is 12.4. The Morgan fingerprint density at radius 2 is 1.87 bits per heavy atom. The molecule has 288 valence electrons. The smallest absolute Gasteiger partial charge is 0.264 e. The number of benzene rings is 2. The Morgan fingerprint density at radius 3 is 2.58 bits per heavy atom. The number of sulfonamides is 1. The number of methoxy groups -OCH3 is 1. The molecule has 3 fully saturated rings. The predicted molar refractivity (Wildman–Crippen MR) is 208 cm³/mol. The normalized spacial score (nSPS) is 34.4. The molecule has 2 aromatic rings. The summed E-state index contributed by atoms with van der Waals surface area (Å²) in [7, 11) is -2.05. The summed E-state index contributed by atoms with van der Waals surface area (Å²) in [5.41, 5.74) is 2.90. The minimum absolute atomic E-state index is 0.0496. The van der Waals surface area contributed by atoms with Gasteiger partial charge >= 0.3 is 0 Å². The lowest BCUT2D eigenvalue weighted by molar-refractivity contribution is -0.107. The van der Waals surface area contributed by atoms with Crippen LogP contribution in [0.4, 0.5) is 5.69 Å². The standard InChI is InChI=1S/C41H55ClN4O6S/c1-28-12-14-41(50-3,26-44-15-17-45(18-16-44)34-22-51-23-34)36-9-6-32(36)21-46-25-40(13-4-5-30-19-33(42)8-10-35(30)40)27-52-38-11-7-31(20-37(38)46)39(47)43-53(48,49)24-29(28)2/h7-8,10-12,14,19-20,28-29,32,34,36H,4-6,9,13,15-18,21-27H2,1-3H3,(H,43,47)/b14-12-/t28-,29+,32-,36+,40-,41-/m0/s1. The summed E-state index contributed by atoms with van der Waals surface area (Å²) < 4.78 is 48.1. The first-order valence-electron chi connectivity index (χ1n) is 19.6. The quantitative estimate of drug-likeness (QED) is 0.425. The summed E-state index contributed by atoms with van der Waals surface area (Å²) in [6.07, 6.45) is 9.57. The van der Waals surface area contributed by atoms with E-state index in [2.05, 4.69) is 50.6 Å². The van der Waals surface area contributed by atoms with Gasteiger partial charge in [-0.1, -0.05) is 43.7 Å². The minimum atomic E-state index is -3.91. The maximum Gasteiger partial charge on any atom is 0.264 e. The van der Waals surface area contributed by atoms with Crippen molar-refractivity contribution < 1.29 is 27.4 Å². The molecular weight excluding hydrogens is 712 g/mol. The summed E-state index contributed by atoms with van der Waals surface area (Å²) in [4.78, 5) is 21.1. The topological polar surface area (TPSA) is 101 Å². The first-order chi connectivity index (χ1) is 25.5. The molecule has 1 amide bonds. The van der Waals surface area contributed by atoms with Crippen molar-refractivity contribution in [2.45, 2.75) is 63.0 Å². The van der Waals surface area contributed by atoms with E-state index in [-0.39, 0.29) is 28.9 Å². The van der Waals surface area contributed by atoms with Crippen molar-refractivity contribution in [2.24, 2.45) is 23.7 Å². The lowest BCUT2D eigenvalue weighted by Gasteiger charge is -2.52. The number of fused-ring (bicyclic) bond motifs is 4. The fourth-order valence-corrected chi connectivity index (χ4v) is 11.5. The van der Waals surface area contributed by atoms with E-state index in [0.29, 0.717) is 24.1 Å². The molecule has 6 aliphatic rings. The molecule has 12 heteroatoms. The van der Waals surface area contributed by atoms with E-state index in [4.69, 9.17) is 25.8 Å². The van der Waals surface area contributed by atoms with Gasteiger partial charge in [-0.3, -0.25) is 14.6 Å². The summed E-state index contributed by atoms with van der Waals surface area (Å²) >= 11 is 6.51. The van der Waals surface area contributed by atoms with E-state index < -0.39 is 21.5 Å². The lowest BCUT2D eigenvalue weighted by Crippen LogP contribution is -2.61. The molecule has 6 atom stereocenters. The third-order valence-electron chi connectivity index (χ3n) is 13.5. The van der Waals surface area contributed by atoms with Crippen molar-refractivity contribution in [3.8, 4) is 5.75 Å². The molecule has 1 saturated carbocycles. The molecule has 4 aliphatic heterocycles. The van der Waals surface area contributed by atoms with E-state index in [1.165, 1.54) is 11.1 Å². The maximum absolute atomic E-state index is 13.6. The number of halogens is 1. The van der Waals surface area contributed by atoms with Crippen LogP contribution in [0.5, 0.6) is 5.75 Å². The van der Waals surface area contributed by atoms with Crippen molar-refractivity contribution in [2.75, 3.05) is 83.4 Å².